The first-order chi connectivity index (χ1) is 17.6. The van der Waals surface area contributed by atoms with Gasteiger partial charge in [-0.05, 0) is 68.9 Å². The number of aromatic nitrogens is 2. The lowest BCUT2D eigenvalue weighted by molar-refractivity contribution is -0.127. The number of likely N-dealkylation sites (tertiary alicyclic amines) is 2. The van der Waals surface area contributed by atoms with Gasteiger partial charge in [-0.15, -0.1) is 0 Å². The second-order valence-electron chi connectivity index (χ2n) is 10.3. The molecular weight excluding hydrogens is 450 g/mol. The highest BCUT2D eigenvalue weighted by Gasteiger charge is 2.27. The molecule has 2 aromatic carbocycles. The lowest BCUT2D eigenvalue weighted by atomic mass is 9.97. The zero-order valence-corrected chi connectivity index (χ0v) is 21.3. The average Bonchev–Trinajstić information content (AvgIpc) is 3.37. The molecule has 0 radical (unpaired) electrons. The molecule has 7 heteroatoms. The molecule has 1 atom stereocenters. The van der Waals surface area contributed by atoms with Gasteiger partial charge in [0.2, 0.25) is 17.6 Å². The molecule has 0 spiro atoms. The first-order valence-electron chi connectivity index (χ1n) is 13.3. The Kier molecular flexibility index (Phi) is 8.08. The third-order valence-electron chi connectivity index (χ3n) is 7.43. The topological polar surface area (TPSA) is 74.5 Å². The van der Waals surface area contributed by atoms with Crippen LogP contribution in [0.2, 0.25) is 0 Å². The number of benzene rings is 2. The Balaban J connectivity index is 1.09. The number of hydrogen-bond acceptors (Lipinski definition) is 6. The van der Waals surface area contributed by atoms with Crippen LogP contribution in [-0.4, -0.2) is 52.0 Å². The van der Waals surface area contributed by atoms with Gasteiger partial charge < -0.3 is 9.84 Å². The molecule has 3 heterocycles. The predicted molar refractivity (Wildman–Crippen MR) is 140 cm³/mol. The molecular formula is C29H37N5O2. The minimum atomic E-state index is -0.0177. The van der Waals surface area contributed by atoms with Crippen LogP contribution in [0.5, 0.6) is 0 Å². The van der Waals surface area contributed by atoms with Gasteiger partial charge in [0, 0.05) is 25.2 Å². The Morgan fingerprint density at radius 2 is 1.69 bits per heavy atom. The number of carbonyl (C=O) groups excluding carboxylic acids is 1. The van der Waals surface area contributed by atoms with Crippen molar-refractivity contribution in [2.24, 2.45) is 5.92 Å². The van der Waals surface area contributed by atoms with Gasteiger partial charge in [-0.1, -0.05) is 60.1 Å². The minimum absolute atomic E-state index is 0.0177. The first kappa shape index (κ1) is 24.7. The van der Waals surface area contributed by atoms with Gasteiger partial charge in [0.15, 0.2) is 0 Å². The predicted octanol–water partition coefficient (Wildman–Crippen LogP) is 4.56. The molecule has 36 heavy (non-hydrogen) atoms. The van der Waals surface area contributed by atoms with E-state index in [1.165, 1.54) is 37.9 Å². The maximum atomic E-state index is 12.9. The number of nitrogens with zero attached hydrogens (tertiary/aromatic N) is 4. The van der Waals surface area contributed by atoms with Crippen molar-refractivity contribution in [3.8, 4) is 11.4 Å². The summed E-state index contributed by atoms with van der Waals surface area (Å²) in [5.41, 5.74) is 4.61. The van der Waals surface area contributed by atoms with Crippen molar-refractivity contribution in [2.45, 2.75) is 58.7 Å². The molecule has 2 fully saturated rings. The molecule has 1 aromatic heterocycles. The Bertz CT molecular complexity index is 1140. The minimum Gasteiger partial charge on any atom is -0.352 e. The second-order valence-corrected chi connectivity index (χ2v) is 10.3. The van der Waals surface area contributed by atoms with Gasteiger partial charge in [-0.25, -0.2) is 0 Å². The van der Waals surface area contributed by atoms with Crippen molar-refractivity contribution >= 4 is 5.91 Å². The fraction of sp³-hybridized carbons (Fsp3) is 0.483. The largest absolute Gasteiger partial charge is 0.352 e. The van der Waals surface area contributed by atoms with Crippen molar-refractivity contribution in [3.63, 3.8) is 0 Å². The highest BCUT2D eigenvalue weighted by Crippen LogP contribution is 2.22. The van der Waals surface area contributed by atoms with Gasteiger partial charge in [0.05, 0.1) is 12.5 Å². The second kappa shape index (κ2) is 11.8. The number of carbonyl (C=O) groups is 1. The zero-order valence-electron chi connectivity index (χ0n) is 21.3. The smallest absolute Gasteiger partial charge is 0.241 e. The fourth-order valence-corrected chi connectivity index (χ4v) is 5.33. The van der Waals surface area contributed by atoms with E-state index in [2.05, 4.69) is 49.5 Å². The lowest BCUT2D eigenvalue weighted by Crippen LogP contribution is -2.42. The van der Waals surface area contributed by atoms with Gasteiger partial charge in [0.1, 0.15) is 0 Å². The van der Waals surface area contributed by atoms with Crippen LogP contribution in [0.3, 0.4) is 0 Å². The van der Waals surface area contributed by atoms with Crippen molar-refractivity contribution in [1.82, 2.24) is 25.3 Å². The summed E-state index contributed by atoms with van der Waals surface area (Å²) < 4.78 is 5.53. The molecule has 190 valence electrons. The molecule has 2 saturated heterocycles. The Hall–Kier alpha value is -3.03. The average molecular weight is 488 g/mol. The molecule has 7 nitrogen and oxygen atoms in total. The Morgan fingerprint density at radius 1 is 0.944 bits per heavy atom. The van der Waals surface area contributed by atoms with Crippen LogP contribution >= 0.6 is 0 Å². The molecule has 1 amide bonds. The monoisotopic (exact) mass is 487 g/mol. The highest BCUT2D eigenvalue weighted by molar-refractivity contribution is 5.79. The molecule has 1 N–H and O–H groups in total. The van der Waals surface area contributed by atoms with E-state index in [0.717, 1.165) is 42.6 Å². The number of piperidine rings is 2. The SMILES string of the molecule is Cc1ccccc1-c1noc(CN2CCCC(C(=O)NCc3ccc(CN4CCCCC4)cc3)C2)n1. The van der Waals surface area contributed by atoms with E-state index in [-0.39, 0.29) is 11.8 Å². The normalized spacial score (nSPS) is 19.3. The van der Waals surface area contributed by atoms with Crippen LogP contribution in [0, 0.1) is 12.8 Å². The molecule has 2 aliphatic heterocycles. The Labute approximate surface area is 213 Å². The quantitative estimate of drug-likeness (QED) is 0.502. The van der Waals surface area contributed by atoms with E-state index in [1.54, 1.807) is 0 Å². The third kappa shape index (κ3) is 6.39. The van der Waals surface area contributed by atoms with Crippen molar-refractivity contribution in [2.75, 3.05) is 26.2 Å². The summed E-state index contributed by atoms with van der Waals surface area (Å²) >= 11 is 0. The standard InChI is InChI=1S/C29H37N5O2/c1-22-8-3-4-10-26(22)28-31-27(36-32-28)21-34-17-7-9-25(20-34)29(35)30-18-23-11-13-24(14-12-23)19-33-15-5-2-6-16-33/h3-4,8,10-14,25H,2,5-7,9,15-21H2,1H3,(H,30,35). The molecule has 2 aliphatic rings. The maximum absolute atomic E-state index is 12.9. The Morgan fingerprint density at radius 3 is 2.50 bits per heavy atom. The van der Waals surface area contributed by atoms with Gasteiger partial charge in [-0.3, -0.25) is 14.6 Å². The highest BCUT2D eigenvalue weighted by atomic mass is 16.5. The number of hydrogen-bond donors (Lipinski definition) is 1. The summed E-state index contributed by atoms with van der Waals surface area (Å²) in [5, 5.41) is 7.33. The summed E-state index contributed by atoms with van der Waals surface area (Å²) in [6.45, 7) is 8.27. The lowest BCUT2D eigenvalue weighted by Gasteiger charge is -2.30. The van der Waals surface area contributed by atoms with Crippen molar-refractivity contribution in [1.29, 1.82) is 0 Å². The summed E-state index contributed by atoms with van der Waals surface area (Å²) in [7, 11) is 0. The van der Waals surface area contributed by atoms with E-state index >= 15 is 0 Å². The molecule has 1 unspecified atom stereocenters. The van der Waals surface area contributed by atoms with Crippen LogP contribution in [0.15, 0.2) is 53.1 Å². The van der Waals surface area contributed by atoms with Crippen LogP contribution in [0.1, 0.15) is 54.7 Å². The van der Waals surface area contributed by atoms with E-state index in [0.29, 0.717) is 31.3 Å². The van der Waals surface area contributed by atoms with Crippen LogP contribution in [0.4, 0.5) is 0 Å². The molecule has 0 bridgehead atoms. The number of aryl methyl sites for hydroxylation is 1. The summed E-state index contributed by atoms with van der Waals surface area (Å²) in [4.78, 5) is 22.3. The first-order valence-corrected chi connectivity index (χ1v) is 13.3. The maximum Gasteiger partial charge on any atom is 0.241 e. The number of rotatable bonds is 8. The third-order valence-corrected chi connectivity index (χ3v) is 7.43. The molecule has 3 aromatic rings. The van der Waals surface area contributed by atoms with E-state index in [1.807, 2.05) is 31.2 Å². The molecule has 0 aliphatic carbocycles. The van der Waals surface area contributed by atoms with Crippen LogP contribution in [0.25, 0.3) is 11.4 Å². The summed E-state index contributed by atoms with van der Waals surface area (Å²) in [6, 6.07) is 16.7. The molecule has 5 rings (SSSR count). The van der Waals surface area contributed by atoms with Crippen molar-refractivity contribution < 1.29 is 9.32 Å². The van der Waals surface area contributed by atoms with E-state index in [4.69, 9.17) is 4.52 Å². The fourth-order valence-electron chi connectivity index (χ4n) is 5.33. The van der Waals surface area contributed by atoms with Gasteiger partial charge in [0.25, 0.3) is 0 Å². The van der Waals surface area contributed by atoms with Crippen molar-refractivity contribution in [3.05, 3.63) is 71.1 Å². The number of amides is 1. The van der Waals surface area contributed by atoms with E-state index in [9.17, 15) is 4.79 Å². The van der Waals surface area contributed by atoms with Gasteiger partial charge in [-0.2, -0.15) is 4.98 Å². The zero-order chi connectivity index (χ0) is 24.7. The summed E-state index contributed by atoms with van der Waals surface area (Å²) in [6.07, 6.45) is 5.88. The van der Waals surface area contributed by atoms with E-state index < -0.39 is 0 Å². The van der Waals surface area contributed by atoms with Crippen LogP contribution < -0.4 is 5.32 Å². The molecule has 0 saturated carbocycles. The van der Waals surface area contributed by atoms with Crippen LogP contribution in [-0.2, 0) is 24.4 Å². The summed E-state index contributed by atoms with van der Waals surface area (Å²) in [5.74, 6) is 1.33. The number of nitrogens with one attached hydrogen (secondary N) is 1. The van der Waals surface area contributed by atoms with Gasteiger partial charge >= 0.3 is 0 Å².